The summed E-state index contributed by atoms with van der Waals surface area (Å²) in [4.78, 5) is 109. The van der Waals surface area contributed by atoms with Gasteiger partial charge >= 0.3 is 5.97 Å². The van der Waals surface area contributed by atoms with Crippen LogP contribution < -0.4 is 44.2 Å². The fourth-order valence-corrected chi connectivity index (χ4v) is 9.07. The Kier molecular flexibility index (Phi) is 36.7. The first kappa shape index (κ1) is 70.8. The number of Topliss-reactive ketones (excluding diaryl/α,β-unsaturated/α-hetero) is 3. The smallest absolute Gasteiger partial charge is 0.326 e. The van der Waals surface area contributed by atoms with Crippen LogP contribution in [0.1, 0.15) is 135 Å². The molecule has 0 aliphatic heterocycles. The SMILES string of the molecule is CC.CC(C)C[C@@H](NC(=O)[C@H](CC(=O)[C@H](N)Cc1ccccc1)Cc1ccccc1)C(=O)C[C@H](CCCN)C(=O)NCCCC[C@@H](NC(=O)[C@@H](CCCN)CC(=O)[C@@H](CC(C)C)NC(=O)[C@H](N)Cc1ccccc1)C(=O)O.CO. The second kappa shape index (κ2) is 40.9. The van der Waals surface area contributed by atoms with Gasteiger partial charge in [-0.15, -0.1) is 0 Å². The molecule has 0 aliphatic rings. The molecule has 440 valence electrons. The monoisotopic (exact) mass is 1100 g/mol. The Morgan fingerprint density at radius 3 is 1.27 bits per heavy atom. The molecule has 0 unspecified atom stereocenters. The zero-order valence-electron chi connectivity index (χ0n) is 48.1. The van der Waals surface area contributed by atoms with Crippen LogP contribution in [0.15, 0.2) is 91.0 Å². The summed E-state index contributed by atoms with van der Waals surface area (Å²) in [6.07, 6.45) is 3.02. The third-order valence-corrected chi connectivity index (χ3v) is 13.3. The Balaban J connectivity index is 0.00000761. The van der Waals surface area contributed by atoms with Crippen LogP contribution in [0.3, 0.4) is 0 Å². The number of unbranched alkanes of at least 4 members (excludes halogenated alkanes) is 1. The number of aliphatic hydroxyl groups is 1. The Hall–Kier alpha value is -6.18. The molecule has 18 nitrogen and oxygen atoms in total. The Morgan fingerprint density at radius 2 is 0.835 bits per heavy atom. The second-order valence-corrected chi connectivity index (χ2v) is 20.8. The summed E-state index contributed by atoms with van der Waals surface area (Å²) >= 11 is 0. The standard InChI is InChI=1S/C58H86N8O9.C2H6.CH4O/c1-38(2)30-49(65-56(72)45(32-40-18-8-5-9-19-40)37-51(67)46(61)33-41-20-10-6-11-21-41)52(68)35-43(24-16-27-59)54(70)63-29-15-14-26-48(58(74)75)64-55(71)44(25-17-28-60)36-53(69)50(31-39(3)4)66-57(73)47(62)34-42-22-12-7-13-23-42;2*1-2/h5-13,18-23,38-39,43-50H,14-17,24-37,59-62H2,1-4H3,(H,63,70)(H,64,71)(H,65,72)(H,66,73)(H,74,75);1-2H3;2H,1H3/t43-,44-,45-,46+,47+,48+,49+,50+;;/m0../s1. The first-order chi connectivity index (χ1) is 37.8. The number of benzene rings is 3. The summed E-state index contributed by atoms with van der Waals surface area (Å²) in [5.74, 6) is -6.61. The minimum absolute atomic E-state index is 0.000399. The van der Waals surface area contributed by atoms with E-state index in [0.29, 0.717) is 51.4 Å². The van der Waals surface area contributed by atoms with Gasteiger partial charge in [0.2, 0.25) is 23.6 Å². The van der Waals surface area contributed by atoms with Crippen molar-refractivity contribution in [2.75, 3.05) is 26.7 Å². The molecule has 0 saturated heterocycles. The van der Waals surface area contributed by atoms with Crippen molar-refractivity contribution in [3.8, 4) is 0 Å². The van der Waals surface area contributed by atoms with Gasteiger partial charge in [-0.2, -0.15) is 0 Å². The number of carbonyl (C=O) groups excluding carboxylic acids is 7. The first-order valence-corrected chi connectivity index (χ1v) is 28.3. The van der Waals surface area contributed by atoms with Gasteiger partial charge in [0.05, 0.1) is 24.2 Å². The largest absolute Gasteiger partial charge is 0.480 e. The summed E-state index contributed by atoms with van der Waals surface area (Å²) in [5.41, 5.74) is 26.8. The number of ketones is 3. The zero-order valence-corrected chi connectivity index (χ0v) is 48.1. The molecule has 8 atom stereocenters. The van der Waals surface area contributed by atoms with Crippen molar-refractivity contribution in [3.05, 3.63) is 108 Å². The molecule has 14 N–H and O–H groups in total. The van der Waals surface area contributed by atoms with Crippen LogP contribution in [0.2, 0.25) is 0 Å². The molecule has 0 bridgehead atoms. The van der Waals surface area contributed by atoms with Crippen LogP contribution in [0.5, 0.6) is 0 Å². The van der Waals surface area contributed by atoms with E-state index in [1.165, 1.54) is 0 Å². The minimum atomic E-state index is -1.29. The molecule has 3 aromatic carbocycles. The number of nitrogens with two attached hydrogens (primary N) is 4. The highest BCUT2D eigenvalue weighted by Gasteiger charge is 2.34. The Bertz CT molecular complexity index is 2230. The molecule has 0 aromatic heterocycles. The average molecular weight is 1100 g/mol. The lowest BCUT2D eigenvalue weighted by molar-refractivity contribution is -0.143. The molecule has 0 heterocycles. The fraction of sp³-hybridized carbons (Fsp3) is 0.574. The predicted octanol–water partition coefficient (Wildman–Crippen LogP) is 5.13. The normalized spacial score (nSPS) is 14.0. The number of carboxylic acids is 1. The number of carboxylic acid groups (broad SMARTS) is 1. The van der Waals surface area contributed by atoms with E-state index in [-0.39, 0.29) is 99.7 Å². The van der Waals surface area contributed by atoms with Gasteiger partial charge < -0.3 is 54.4 Å². The van der Waals surface area contributed by atoms with Crippen LogP contribution in [0.25, 0.3) is 0 Å². The van der Waals surface area contributed by atoms with Gasteiger partial charge in [-0.05, 0) is 119 Å². The number of aliphatic carboxylic acids is 1. The molecule has 0 radical (unpaired) electrons. The molecule has 0 spiro atoms. The van der Waals surface area contributed by atoms with Crippen LogP contribution in [-0.4, -0.2) is 114 Å². The molecule has 0 saturated carbocycles. The number of hydrogen-bond acceptors (Lipinski definition) is 13. The summed E-state index contributed by atoms with van der Waals surface area (Å²) in [6.45, 7) is 12.4. The van der Waals surface area contributed by atoms with Gasteiger partial charge in [0.15, 0.2) is 17.3 Å². The topological polar surface area (TPSA) is 329 Å². The van der Waals surface area contributed by atoms with Crippen molar-refractivity contribution < 1.29 is 48.6 Å². The highest BCUT2D eigenvalue weighted by atomic mass is 16.4. The molecule has 3 rings (SSSR count). The van der Waals surface area contributed by atoms with Crippen LogP contribution in [0, 0.1) is 29.6 Å². The summed E-state index contributed by atoms with van der Waals surface area (Å²) < 4.78 is 0. The third-order valence-electron chi connectivity index (χ3n) is 13.3. The van der Waals surface area contributed by atoms with Gasteiger partial charge in [-0.25, -0.2) is 4.79 Å². The minimum Gasteiger partial charge on any atom is -0.480 e. The van der Waals surface area contributed by atoms with Crippen LogP contribution >= 0.6 is 0 Å². The van der Waals surface area contributed by atoms with E-state index in [2.05, 4.69) is 21.3 Å². The quantitative estimate of drug-likeness (QED) is 0.0333. The summed E-state index contributed by atoms with van der Waals surface area (Å²) in [5, 5.41) is 28.4. The lowest BCUT2D eigenvalue weighted by Gasteiger charge is -2.25. The van der Waals surface area contributed by atoms with Crippen LogP contribution in [0.4, 0.5) is 0 Å². The number of nitrogens with one attached hydrogen (secondary N) is 4. The molecule has 0 aliphatic carbocycles. The third kappa shape index (κ3) is 29.0. The molecular weight excluding hydrogens is 1000 g/mol. The van der Waals surface area contributed by atoms with E-state index in [1.54, 1.807) is 0 Å². The van der Waals surface area contributed by atoms with E-state index in [1.807, 2.05) is 133 Å². The number of aliphatic hydroxyl groups excluding tert-OH is 1. The molecule has 18 heteroatoms. The van der Waals surface area contributed by atoms with E-state index in [9.17, 15) is 43.5 Å². The predicted molar refractivity (Wildman–Crippen MR) is 311 cm³/mol. The zero-order chi connectivity index (χ0) is 59.3. The van der Waals surface area contributed by atoms with E-state index in [0.717, 1.165) is 23.8 Å². The molecular formula is C61H96N8O10. The maximum absolute atomic E-state index is 14.1. The van der Waals surface area contributed by atoms with E-state index in [4.69, 9.17) is 28.0 Å². The number of amides is 4. The van der Waals surface area contributed by atoms with Gasteiger partial charge in [0, 0.05) is 50.7 Å². The van der Waals surface area contributed by atoms with Crippen molar-refractivity contribution in [1.82, 2.24) is 21.3 Å². The number of hydrogen-bond donors (Lipinski definition) is 10. The van der Waals surface area contributed by atoms with Crippen molar-refractivity contribution in [3.63, 3.8) is 0 Å². The van der Waals surface area contributed by atoms with Gasteiger partial charge in [0.25, 0.3) is 0 Å². The molecule has 4 amide bonds. The maximum Gasteiger partial charge on any atom is 0.326 e. The highest BCUT2D eigenvalue weighted by Crippen LogP contribution is 2.21. The average Bonchev–Trinajstić information content (AvgIpc) is 3.44. The van der Waals surface area contributed by atoms with Crippen LogP contribution in [-0.2, 0) is 57.6 Å². The number of carbonyl (C=O) groups is 8. The Labute approximate surface area is 470 Å². The van der Waals surface area contributed by atoms with Crippen molar-refractivity contribution >= 4 is 46.9 Å². The molecule has 0 fully saturated rings. The van der Waals surface area contributed by atoms with Gasteiger partial charge in [-0.1, -0.05) is 133 Å². The number of rotatable bonds is 38. The lowest BCUT2D eigenvalue weighted by Crippen LogP contribution is -2.50. The summed E-state index contributed by atoms with van der Waals surface area (Å²) in [7, 11) is 1.00. The second-order valence-electron chi connectivity index (χ2n) is 20.8. The Morgan fingerprint density at radius 1 is 0.456 bits per heavy atom. The molecule has 79 heavy (non-hydrogen) atoms. The maximum atomic E-state index is 14.1. The van der Waals surface area contributed by atoms with Gasteiger partial charge in [-0.3, -0.25) is 33.6 Å². The van der Waals surface area contributed by atoms with Gasteiger partial charge in [0.1, 0.15) is 6.04 Å². The van der Waals surface area contributed by atoms with Crippen molar-refractivity contribution in [1.29, 1.82) is 0 Å². The fourth-order valence-electron chi connectivity index (χ4n) is 9.07. The molecule has 3 aromatic rings. The van der Waals surface area contributed by atoms with Crippen molar-refractivity contribution in [2.45, 2.75) is 168 Å². The van der Waals surface area contributed by atoms with E-state index >= 15 is 0 Å². The van der Waals surface area contributed by atoms with Crippen molar-refractivity contribution in [2.24, 2.45) is 52.5 Å². The first-order valence-electron chi connectivity index (χ1n) is 28.3. The highest BCUT2D eigenvalue weighted by molar-refractivity contribution is 5.96. The van der Waals surface area contributed by atoms with E-state index < -0.39 is 71.7 Å². The summed E-state index contributed by atoms with van der Waals surface area (Å²) in [6, 6.07) is 23.1. The lowest BCUT2D eigenvalue weighted by atomic mass is 9.88.